The summed E-state index contributed by atoms with van der Waals surface area (Å²) in [6.45, 7) is 1.25. The number of carbonyl (C=O) groups excluding carboxylic acids is 1. The van der Waals surface area contributed by atoms with E-state index in [2.05, 4.69) is 15.4 Å². The smallest absolute Gasteiger partial charge is 0.241 e. The molecule has 4 heterocycles. The molecule has 0 spiro atoms. The normalized spacial score (nSPS) is 17.7. The van der Waals surface area contributed by atoms with Crippen molar-refractivity contribution in [2.45, 2.75) is 25.4 Å². The zero-order valence-corrected chi connectivity index (χ0v) is 17.3. The number of amides is 1. The maximum Gasteiger partial charge on any atom is 0.241 e. The molecule has 1 amide bonds. The largest absolute Gasteiger partial charge is 0.453 e. The number of hydrogen-bond acceptors (Lipinski definition) is 6. The van der Waals surface area contributed by atoms with Crippen molar-refractivity contribution >= 4 is 11.6 Å². The summed E-state index contributed by atoms with van der Waals surface area (Å²) in [6.07, 6.45) is 4.57. The third kappa shape index (κ3) is 3.66. The number of ether oxygens (including phenoxy) is 2. The summed E-state index contributed by atoms with van der Waals surface area (Å²) in [4.78, 5) is 19.3. The van der Waals surface area contributed by atoms with E-state index in [9.17, 15) is 13.6 Å². The maximum atomic E-state index is 14.7. The van der Waals surface area contributed by atoms with Crippen molar-refractivity contribution in [1.82, 2.24) is 19.7 Å². The summed E-state index contributed by atoms with van der Waals surface area (Å²) in [5, 5.41) is 6.61. The molecule has 0 aliphatic carbocycles. The van der Waals surface area contributed by atoms with Crippen LogP contribution in [0.5, 0.6) is 11.5 Å². The summed E-state index contributed by atoms with van der Waals surface area (Å²) < 4.78 is 41.7. The van der Waals surface area contributed by atoms with Gasteiger partial charge in [-0.05, 0) is 37.6 Å². The molecule has 1 aromatic carbocycles. The van der Waals surface area contributed by atoms with Crippen molar-refractivity contribution in [2.75, 3.05) is 18.7 Å². The van der Waals surface area contributed by atoms with E-state index in [0.29, 0.717) is 42.4 Å². The minimum absolute atomic E-state index is 0.0678. The highest BCUT2D eigenvalue weighted by Gasteiger charge is 2.33. The van der Waals surface area contributed by atoms with E-state index in [1.165, 1.54) is 16.9 Å². The molecule has 166 valence electrons. The highest BCUT2D eigenvalue weighted by molar-refractivity contribution is 5.95. The van der Waals surface area contributed by atoms with Gasteiger partial charge in [-0.2, -0.15) is 5.10 Å². The number of hydrogen-bond donors (Lipinski definition) is 1. The lowest BCUT2D eigenvalue weighted by Crippen LogP contribution is -2.39. The molecule has 10 heteroatoms. The molecule has 2 aliphatic heterocycles. The van der Waals surface area contributed by atoms with Crippen LogP contribution in [0.25, 0.3) is 11.3 Å². The molecule has 1 saturated heterocycles. The van der Waals surface area contributed by atoms with E-state index in [1.807, 2.05) is 4.90 Å². The molecular formula is C22H21F2N5O3. The molecule has 0 bridgehead atoms. The molecule has 2 aliphatic rings. The number of fused-ring (bicyclic) bond motifs is 1. The molecule has 0 radical (unpaired) electrons. The molecule has 1 fully saturated rings. The standard InChI is InChI=1S/C22H21F2N5O3/c1-28-17(4-7-26-28)20-14(23)9-13(10-15(20)24)27-22(30)18-3-2-8-29(18)11-16-21-19(5-6-25-16)31-12-32-21/h4-7,9-10,18H,2-3,8,11-12H2,1H3,(H,27,30)/t18-/m1/s1. The van der Waals surface area contributed by atoms with E-state index < -0.39 is 17.7 Å². The van der Waals surface area contributed by atoms with Crippen LogP contribution in [-0.2, 0) is 18.4 Å². The second-order valence-electron chi connectivity index (χ2n) is 7.76. The first kappa shape index (κ1) is 20.4. The van der Waals surface area contributed by atoms with Crippen molar-refractivity contribution in [3.05, 3.63) is 54.0 Å². The molecule has 1 atom stereocenters. The molecular weight excluding hydrogens is 420 g/mol. The van der Waals surface area contributed by atoms with Gasteiger partial charge in [0.05, 0.1) is 17.3 Å². The van der Waals surface area contributed by atoms with Gasteiger partial charge in [-0.1, -0.05) is 0 Å². The highest BCUT2D eigenvalue weighted by Crippen LogP contribution is 2.35. The van der Waals surface area contributed by atoms with Crippen molar-refractivity contribution in [3.8, 4) is 22.8 Å². The number of nitrogens with zero attached hydrogens (tertiary/aromatic N) is 4. The molecule has 8 nitrogen and oxygen atoms in total. The van der Waals surface area contributed by atoms with E-state index in [0.717, 1.165) is 18.6 Å². The summed E-state index contributed by atoms with van der Waals surface area (Å²) in [5.41, 5.74) is 0.890. The first-order chi connectivity index (χ1) is 15.5. The average molecular weight is 441 g/mol. The Morgan fingerprint density at radius 1 is 1.22 bits per heavy atom. The van der Waals surface area contributed by atoms with E-state index in [1.54, 1.807) is 19.3 Å². The van der Waals surface area contributed by atoms with Crippen LogP contribution in [0.1, 0.15) is 18.5 Å². The number of likely N-dealkylation sites (tertiary alicyclic amines) is 1. The van der Waals surface area contributed by atoms with Gasteiger partial charge in [-0.25, -0.2) is 8.78 Å². The molecule has 2 aromatic heterocycles. The van der Waals surface area contributed by atoms with Gasteiger partial charge in [0, 0.05) is 37.7 Å². The van der Waals surface area contributed by atoms with Crippen molar-refractivity contribution in [1.29, 1.82) is 0 Å². The van der Waals surface area contributed by atoms with Crippen LogP contribution in [0, 0.1) is 11.6 Å². The molecule has 0 unspecified atom stereocenters. The molecule has 1 N–H and O–H groups in total. The first-order valence-electron chi connectivity index (χ1n) is 10.3. The fourth-order valence-electron chi connectivity index (χ4n) is 4.24. The lowest BCUT2D eigenvalue weighted by molar-refractivity contribution is -0.120. The van der Waals surface area contributed by atoms with Gasteiger partial charge in [0.1, 0.15) is 17.3 Å². The quantitative estimate of drug-likeness (QED) is 0.656. The van der Waals surface area contributed by atoms with E-state index in [-0.39, 0.29) is 24.0 Å². The maximum absolute atomic E-state index is 14.7. The lowest BCUT2D eigenvalue weighted by Gasteiger charge is -2.23. The predicted molar refractivity (Wildman–Crippen MR) is 111 cm³/mol. The Bertz CT molecular complexity index is 1160. The Morgan fingerprint density at radius 2 is 2.03 bits per heavy atom. The number of benzene rings is 1. The Labute approximate surface area is 182 Å². The van der Waals surface area contributed by atoms with Gasteiger partial charge in [0.25, 0.3) is 0 Å². The number of nitrogens with one attached hydrogen (secondary N) is 1. The second-order valence-corrected chi connectivity index (χ2v) is 7.76. The van der Waals surface area contributed by atoms with Crippen molar-refractivity contribution < 1.29 is 23.0 Å². The Hall–Kier alpha value is -3.53. The van der Waals surface area contributed by atoms with Crippen LogP contribution in [0.15, 0.2) is 36.7 Å². The van der Waals surface area contributed by atoms with Crippen LogP contribution in [0.2, 0.25) is 0 Å². The number of halogens is 2. The molecule has 5 rings (SSSR count). The summed E-state index contributed by atoms with van der Waals surface area (Å²) in [5.74, 6) is -0.635. The third-order valence-corrected chi connectivity index (χ3v) is 5.77. The topological polar surface area (TPSA) is 81.5 Å². The summed E-state index contributed by atoms with van der Waals surface area (Å²) >= 11 is 0. The number of aryl methyl sites for hydroxylation is 1. The number of rotatable bonds is 5. The SMILES string of the molecule is Cn1nccc1-c1c(F)cc(NC(=O)[C@H]2CCCN2Cc2nccc3c2OCO3)cc1F. The zero-order valence-electron chi connectivity index (χ0n) is 17.3. The molecule has 0 saturated carbocycles. The van der Waals surface area contributed by atoms with Crippen molar-refractivity contribution in [2.24, 2.45) is 7.05 Å². The van der Waals surface area contributed by atoms with E-state index in [4.69, 9.17) is 9.47 Å². The number of carbonyl (C=O) groups is 1. The fraction of sp³-hybridized carbons (Fsp3) is 0.318. The monoisotopic (exact) mass is 441 g/mol. The van der Waals surface area contributed by atoms with Gasteiger partial charge >= 0.3 is 0 Å². The second kappa shape index (κ2) is 8.19. The highest BCUT2D eigenvalue weighted by atomic mass is 19.1. The average Bonchev–Trinajstić information content (AvgIpc) is 3.49. The third-order valence-electron chi connectivity index (χ3n) is 5.77. The van der Waals surface area contributed by atoms with Gasteiger partial charge in [0.2, 0.25) is 12.7 Å². The van der Waals surface area contributed by atoms with Crippen LogP contribution in [0.3, 0.4) is 0 Å². The Balaban J connectivity index is 1.32. The summed E-state index contributed by atoms with van der Waals surface area (Å²) in [7, 11) is 1.60. The predicted octanol–water partition coefficient (Wildman–Crippen LogP) is 3.09. The van der Waals surface area contributed by atoms with Gasteiger partial charge in [0.15, 0.2) is 11.5 Å². The van der Waals surface area contributed by atoms with Gasteiger partial charge < -0.3 is 14.8 Å². The molecule has 32 heavy (non-hydrogen) atoms. The Morgan fingerprint density at radius 3 is 2.78 bits per heavy atom. The first-order valence-corrected chi connectivity index (χ1v) is 10.3. The van der Waals surface area contributed by atoms with Gasteiger partial charge in [-0.15, -0.1) is 0 Å². The number of anilines is 1. The summed E-state index contributed by atoms with van der Waals surface area (Å²) in [6, 6.07) is 5.06. The lowest BCUT2D eigenvalue weighted by atomic mass is 10.1. The Kier molecular flexibility index (Phi) is 5.22. The van der Waals surface area contributed by atoms with E-state index >= 15 is 0 Å². The van der Waals surface area contributed by atoms with Gasteiger partial charge in [-0.3, -0.25) is 19.4 Å². The van der Waals surface area contributed by atoms with Crippen LogP contribution in [0.4, 0.5) is 14.5 Å². The molecule has 3 aromatic rings. The van der Waals surface area contributed by atoms with Crippen LogP contribution in [-0.4, -0.2) is 45.0 Å². The van der Waals surface area contributed by atoms with Crippen LogP contribution < -0.4 is 14.8 Å². The van der Waals surface area contributed by atoms with Crippen molar-refractivity contribution in [3.63, 3.8) is 0 Å². The minimum atomic E-state index is -0.770. The fourth-order valence-corrected chi connectivity index (χ4v) is 4.24. The zero-order chi connectivity index (χ0) is 22.2. The van der Waals surface area contributed by atoms with Crippen LogP contribution >= 0.6 is 0 Å². The number of aromatic nitrogens is 3. The number of pyridine rings is 1. The minimum Gasteiger partial charge on any atom is -0.453 e.